The van der Waals surface area contributed by atoms with E-state index in [0.717, 1.165) is 15.9 Å². The van der Waals surface area contributed by atoms with Crippen LogP contribution >= 0.6 is 22.9 Å². The molecule has 3 aromatic heterocycles. The maximum atomic E-state index is 12.0. The maximum Gasteiger partial charge on any atom is 0.269 e. The average molecular weight is 322 g/mol. The zero-order chi connectivity index (χ0) is 15.0. The summed E-state index contributed by atoms with van der Waals surface area (Å²) >= 11 is 7.60. The standard InChI is InChI=1S/C13H12ClN5OS/c1-18(2)8-5-11(20)19(15-6-8)7-10-16-12(14)9-3-4-21-13(9)17-10/h3-6H,7H2,1-2H3. The van der Waals surface area contributed by atoms with Crippen LogP contribution in [0.3, 0.4) is 0 Å². The molecule has 21 heavy (non-hydrogen) atoms. The Balaban J connectivity index is 1.96. The number of anilines is 1. The van der Waals surface area contributed by atoms with Crippen LogP contribution in [0.1, 0.15) is 5.82 Å². The van der Waals surface area contributed by atoms with Crippen molar-refractivity contribution < 1.29 is 0 Å². The van der Waals surface area contributed by atoms with Crippen LogP contribution in [0.25, 0.3) is 10.2 Å². The molecule has 0 bridgehead atoms. The van der Waals surface area contributed by atoms with Gasteiger partial charge in [-0.1, -0.05) is 11.6 Å². The topological polar surface area (TPSA) is 63.9 Å². The molecule has 8 heteroatoms. The molecule has 0 aromatic carbocycles. The minimum Gasteiger partial charge on any atom is -0.376 e. The van der Waals surface area contributed by atoms with E-state index in [1.807, 2.05) is 30.4 Å². The number of nitrogens with zero attached hydrogens (tertiary/aromatic N) is 5. The van der Waals surface area contributed by atoms with Crippen molar-refractivity contribution in [3.05, 3.63) is 45.0 Å². The van der Waals surface area contributed by atoms with Crippen molar-refractivity contribution >= 4 is 38.8 Å². The number of halogens is 1. The van der Waals surface area contributed by atoms with Gasteiger partial charge in [0.25, 0.3) is 5.56 Å². The smallest absolute Gasteiger partial charge is 0.269 e. The van der Waals surface area contributed by atoms with E-state index in [1.54, 1.807) is 6.20 Å². The number of hydrogen-bond acceptors (Lipinski definition) is 6. The van der Waals surface area contributed by atoms with Crippen LogP contribution in [0.2, 0.25) is 5.15 Å². The first kappa shape index (κ1) is 14.0. The zero-order valence-electron chi connectivity index (χ0n) is 11.4. The van der Waals surface area contributed by atoms with Crippen molar-refractivity contribution in [2.75, 3.05) is 19.0 Å². The van der Waals surface area contributed by atoms with Gasteiger partial charge in [0.05, 0.1) is 11.9 Å². The van der Waals surface area contributed by atoms with E-state index in [-0.39, 0.29) is 12.1 Å². The van der Waals surface area contributed by atoms with Crippen LogP contribution in [0.4, 0.5) is 5.69 Å². The summed E-state index contributed by atoms with van der Waals surface area (Å²) in [4.78, 5) is 23.3. The first-order valence-corrected chi connectivity index (χ1v) is 7.44. The Morgan fingerprint density at radius 3 is 2.90 bits per heavy atom. The highest BCUT2D eigenvalue weighted by Gasteiger charge is 2.09. The van der Waals surface area contributed by atoms with Crippen molar-refractivity contribution in [3.63, 3.8) is 0 Å². The molecule has 0 aliphatic heterocycles. The number of thiophene rings is 1. The lowest BCUT2D eigenvalue weighted by Crippen LogP contribution is -2.25. The highest BCUT2D eigenvalue weighted by atomic mass is 35.5. The predicted molar refractivity (Wildman–Crippen MR) is 84.4 cm³/mol. The van der Waals surface area contributed by atoms with Gasteiger partial charge in [-0.15, -0.1) is 11.3 Å². The molecule has 108 valence electrons. The summed E-state index contributed by atoms with van der Waals surface area (Å²) in [6, 6.07) is 3.40. The second-order valence-electron chi connectivity index (χ2n) is 4.67. The van der Waals surface area contributed by atoms with Gasteiger partial charge in [-0.05, 0) is 11.4 Å². The quantitative estimate of drug-likeness (QED) is 0.691. The van der Waals surface area contributed by atoms with Gasteiger partial charge in [0.1, 0.15) is 16.5 Å². The van der Waals surface area contributed by atoms with Crippen molar-refractivity contribution in [1.29, 1.82) is 0 Å². The second kappa shape index (κ2) is 5.42. The van der Waals surface area contributed by atoms with E-state index in [2.05, 4.69) is 15.1 Å². The van der Waals surface area contributed by atoms with E-state index in [1.165, 1.54) is 22.1 Å². The molecule has 0 N–H and O–H groups in total. The minimum absolute atomic E-state index is 0.195. The molecule has 3 aromatic rings. The summed E-state index contributed by atoms with van der Waals surface area (Å²) in [6.45, 7) is 0.195. The van der Waals surface area contributed by atoms with E-state index in [0.29, 0.717) is 11.0 Å². The molecule has 0 fully saturated rings. The summed E-state index contributed by atoms with van der Waals surface area (Å²) in [5, 5.41) is 7.27. The fourth-order valence-corrected chi connectivity index (χ4v) is 2.94. The number of fused-ring (bicyclic) bond motifs is 1. The zero-order valence-corrected chi connectivity index (χ0v) is 13.0. The van der Waals surface area contributed by atoms with Crippen LogP contribution < -0.4 is 10.5 Å². The molecule has 0 radical (unpaired) electrons. The third kappa shape index (κ3) is 2.74. The maximum absolute atomic E-state index is 12.0. The van der Waals surface area contributed by atoms with Crippen molar-refractivity contribution in [2.24, 2.45) is 0 Å². The minimum atomic E-state index is -0.202. The van der Waals surface area contributed by atoms with Crippen molar-refractivity contribution in [1.82, 2.24) is 19.7 Å². The molecule has 0 aliphatic carbocycles. The summed E-state index contributed by atoms with van der Waals surface area (Å²) in [7, 11) is 3.71. The Morgan fingerprint density at radius 1 is 1.38 bits per heavy atom. The summed E-state index contributed by atoms with van der Waals surface area (Å²) in [6.07, 6.45) is 1.63. The number of hydrogen-bond donors (Lipinski definition) is 0. The molecule has 6 nitrogen and oxygen atoms in total. The van der Waals surface area contributed by atoms with Crippen LogP contribution in [-0.2, 0) is 6.54 Å². The van der Waals surface area contributed by atoms with Crippen molar-refractivity contribution in [3.8, 4) is 0 Å². The van der Waals surface area contributed by atoms with Gasteiger partial charge >= 0.3 is 0 Å². The highest BCUT2D eigenvalue weighted by Crippen LogP contribution is 2.24. The molecule has 0 spiro atoms. The fourth-order valence-electron chi connectivity index (χ4n) is 1.85. The highest BCUT2D eigenvalue weighted by molar-refractivity contribution is 7.16. The van der Waals surface area contributed by atoms with Crippen LogP contribution in [0, 0.1) is 0 Å². The molecular weight excluding hydrogens is 310 g/mol. The molecule has 0 saturated heterocycles. The lowest BCUT2D eigenvalue weighted by atomic mass is 10.4. The fraction of sp³-hybridized carbons (Fsp3) is 0.231. The summed E-state index contributed by atoms with van der Waals surface area (Å²) in [5.41, 5.74) is 0.552. The monoisotopic (exact) mass is 321 g/mol. The SMILES string of the molecule is CN(C)c1cnn(Cc2nc(Cl)c3ccsc3n2)c(=O)c1. The predicted octanol–water partition coefficient (Wildman–Crippen LogP) is 2.02. The number of rotatable bonds is 3. The lowest BCUT2D eigenvalue weighted by molar-refractivity contribution is 0.616. The third-order valence-electron chi connectivity index (χ3n) is 2.99. The Kier molecular flexibility index (Phi) is 3.60. The van der Waals surface area contributed by atoms with Gasteiger partial charge in [-0.3, -0.25) is 4.79 Å². The van der Waals surface area contributed by atoms with Crippen LogP contribution in [-0.4, -0.2) is 33.8 Å². The van der Waals surface area contributed by atoms with E-state index >= 15 is 0 Å². The summed E-state index contributed by atoms with van der Waals surface area (Å²) in [5.74, 6) is 0.474. The van der Waals surface area contributed by atoms with Gasteiger partial charge in [0.2, 0.25) is 0 Å². The second-order valence-corrected chi connectivity index (χ2v) is 5.93. The Labute approximate surface area is 129 Å². The Bertz CT molecular complexity index is 857. The molecule has 0 saturated carbocycles. The first-order chi connectivity index (χ1) is 10.0. The van der Waals surface area contributed by atoms with E-state index in [4.69, 9.17) is 11.6 Å². The average Bonchev–Trinajstić information content (AvgIpc) is 2.89. The Hall–Kier alpha value is -1.99. The van der Waals surface area contributed by atoms with Gasteiger partial charge in [-0.25, -0.2) is 14.6 Å². The van der Waals surface area contributed by atoms with E-state index in [9.17, 15) is 4.79 Å². The molecule has 3 rings (SSSR count). The third-order valence-corrected chi connectivity index (χ3v) is 4.08. The largest absolute Gasteiger partial charge is 0.376 e. The van der Waals surface area contributed by atoms with E-state index < -0.39 is 0 Å². The summed E-state index contributed by atoms with van der Waals surface area (Å²) < 4.78 is 1.32. The van der Waals surface area contributed by atoms with Gasteiger partial charge in [0.15, 0.2) is 5.82 Å². The number of aromatic nitrogens is 4. The molecule has 0 aliphatic rings. The normalized spacial score (nSPS) is 11.0. The van der Waals surface area contributed by atoms with Crippen molar-refractivity contribution in [2.45, 2.75) is 6.54 Å². The Morgan fingerprint density at radius 2 is 2.19 bits per heavy atom. The molecular formula is C13H12ClN5OS. The van der Waals surface area contributed by atoms with Gasteiger partial charge in [-0.2, -0.15) is 5.10 Å². The lowest BCUT2D eigenvalue weighted by Gasteiger charge is -2.12. The molecule has 0 atom stereocenters. The van der Waals surface area contributed by atoms with Crippen LogP contribution in [0.5, 0.6) is 0 Å². The molecule has 0 amide bonds. The van der Waals surface area contributed by atoms with Gasteiger partial charge < -0.3 is 4.90 Å². The first-order valence-electron chi connectivity index (χ1n) is 6.19. The van der Waals surface area contributed by atoms with Crippen LogP contribution in [0.15, 0.2) is 28.5 Å². The molecule has 3 heterocycles. The van der Waals surface area contributed by atoms with Gasteiger partial charge in [0, 0.05) is 25.5 Å². The molecule has 0 unspecified atom stereocenters.